The minimum Gasteiger partial charge on any atom is -0.299 e. The van der Waals surface area contributed by atoms with Crippen LogP contribution < -0.4 is 5.32 Å². The Hall–Kier alpha value is -0.680. The second-order valence-corrected chi connectivity index (χ2v) is 4.40. The predicted molar refractivity (Wildman–Crippen MR) is 70.8 cm³/mol. The lowest BCUT2D eigenvalue weighted by Crippen LogP contribution is -2.27. The van der Waals surface area contributed by atoms with Gasteiger partial charge in [-0.25, -0.2) is 0 Å². The van der Waals surface area contributed by atoms with Gasteiger partial charge >= 0.3 is 0 Å². The van der Waals surface area contributed by atoms with Crippen molar-refractivity contribution in [3.8, 4) is 12.3 Å². The highest BCUT2D eigenvalue weighted by Crippen LogP contribution is 2.24. The van der Waals surface area contributed by atoms with Crippen molar-refractivity contribution in [2.24, 2.45) is 0 Å². The minimum atomic E-state index is 0.0809. The van der Waals surface area contributed by atoms with E-state index in [2.05, 4.69) is 18.2 Å². The second-order valence-electron chi connectivity index (χ2n) is 3.59. The number of rotatable bonds is 5. The first-order chi connectivity index (χ1) is 7.69. The van der Waals surface area contributed by atoms with Crippen LogP contribution >= 0.6 is 23.2 Å². The predicted octanol–water partition coefficient (Wildman–Crippen LogP) is 3.88. The Morgan fingerprint density at radius 1 is 1.38 bits per heavy atom. The number of halogens is 2. The van der Waals surface area contributed by atoms with Crippen LogP contribution in [0.25, 0.3) is 0 Å². The fourth-order valence-corrected chi connectivity index (χ4v) is 1.99. The van der Waals surface area contributed by atoms with E-state index in [9.17, 15) is 0 Å². The van der Waals surface area contributed by atoms with Crippen molar-refractivity contribution in [3.05, 3.63) is 33.8 Å². The Kier molecular flexibility index (Phi) is 5.69. The normalized spacial score (nSPS) is 12.1. The average Bonchev–Trinajstić information content (AvgIpc) is 2.27. The van der Waals surface area contributed by atoms with Gasteiger partial charge < -0.3 is 0 Å². The Morgan fingerprint density at radius 3 is 2.50 bits per heavy atom. The molecule has 16 heavy (non-hydrogen) atoms. The van der Waals surface area contributed by atoms with E-state index in [1.807, 2.05) is 18.2 Å². The van der Waals surface area contributed by atoms with Gasteiger partial charge in [0.25, 0.3) is 0 Å². The smallest absolute Gasteiger partial charge is 0.0689 e. The summed E-state index contributed by atoms with van der Waals surface area (Å²) in [4.78, 5) is 0. The Morgan fingerprint density at radius 2 is 2.00 bits per heavy atom. The maximum Gasteiger partial charge on any atom is 0.0689 e. The zero-order valence-electron chi connectivity index (χ0n) is 9.26. The van der Waals surface area contributed by atoms with Crippen LogP contribution in [0.4, 0.5) is 0 Å². The zero-order chi connectivity index (χ0) is 12.0. The minimum absolute atomic E-state index is 0.0809. The molecule has 1 nitrogen and oxygen atoms in total. The van der Waals surface area contributed by atoms with Gasteiger partial charge in [-0.1, -0.05) is 48.5 Å². The van der Waals surface area contributed by atoms with Crippen molar-refractivity contribution in [1.82, 2.24) is 5.32 Å². The standard InChI is InChI=1S/C13H15Cl2N/c1-3-6-10(4-2)16-9-11-12(14)7-5-8-13(11)15/h2,5,7-8,10,16H,3,6,9H2,1H3. The van der Waals surface area contributed by atoms with E-state index in [1.54, 1.807) is 0 Å². The molecule has 1 N–H and O–H groups in total. The summed E-state index contributed by atoms with van der Waals surface area (Å²) in [7, 11) is 0. The molecule has 1 unspecified atom stereocenters. The summed E-state index contributed by atoms with van der Waals surface area (Å²) in [6, 6.07) is 5.57. The number of nitrogens with one attached hydrogen (secondary N) is 1. The molecule has 0 amide bonds. The summed E-state index contributed by atoms with van der Waals surface area (Å²) in [5.41, 5.74) is 0.905. The molecule has 1 rings (SSSR count). The molecule has 0 heterocycles. The highest BCUT2D eigenvalue weighted by atomic mass is 35.5. The lowest BCUT2D eigenvalue weighted by molar-refractivity contribution is 0.563. The maximum absolute atomic E-state index is 6.06. The molecule has 86 valence electrons. The molecule has 1 aromatic rings. The lowest BCUT2D eigenvalue weighted by Gasteiger charge is -2.13. The molecule has 0 aliphatic rings. The number of terminal acetylenes is 1. The zero-order valence-corrected chi connectivity index (χ0v) is 10.8. The van der Waals surface area contributed by atoms with Gasteiger partial charge in [0.1, 0.15) is 0 Å². The third-order valence-corrected chi connectivity index (χ3v) is 3.07. The fourth-order valence-electron chi connectivity index (χ4n) is 1.46. The van der Waals surface area contributed by atoms with E-state index in [0.717, 1.165) is 18.4 Å². The summed E-state index contributed by atoms with van der Waals surface area (Å²) in [5.74, 6) is 2.71. The van der Waals surface area contributed by atoms with Crippen molar-refractivity contribution >= 4 is 23.2 Å². The number of hydrogen-bond donors (Lipinski definition) is 1. The van der Waals surface area contributed by atoms with E-state index in [-0.39, 0.29) is 6.04 Å². The number of hydrogen-bond acceptors (Lipinski definition) is 1. The molecule has 0 aromatic heterocycles. The third-order valence-electron chi connectivity index (χ3n) is 2.37. The van der Waals surface area contributed by atoms with Crippen LogP contribution in [0.5, 0.6) is 0 Å². The molecule has 3 heteroatoms. The molecule has 1 aromatic carbocycles. The van der Waals surface area contributed by atoms with E-state index in [1.165, 1.54) is 0 Å². The molecule has 0 aliphatic carbocycles. The van der Waals surface area contributed by atoms with Gasteiger partial charge in [-0.3, -0.25) is 5.32 Å². The Labute approximate surface area is 107 Å². The van der Waals surface area contributed by atoms with Crippen molar-refractivity contribution in [2.75, 3.05) is 0 Å². The van der Waals surface area contributed by atoms with Gasteiger partial charge in [-0.15, -0.1) is 6.42 Å². The molecule has 1 atom stereocenters. The number of benzene rings is 1. The van der Waals surface area contributed by atoms with Crippen molar-refractivity contribution in [2.45, 2.75) is 32.4 Å². The van der Waals surface area contributed by atoms with E-state index in [4.69, 9.17) is 29.6 Å². The monoisotopic (exact) mass is 255 g/mol. The van der Waals surface area contributed by atoms with Crippen molar-refractivity contribution < 1.29 is 0 Å². The van der Waals surface area contributed by atoms with Gasteiger partial charge in [-0.05, 0) is 18.6 Å². The molecular weight excluding hydrogens is 241 g/mol. The average molecular weight is 256 g/mol. The van der Waals surface area contributed by atoms with Gasteiger partial charge in [-0.2, -0.15) is 0 Å². The molecule has 0 bridgehead atoms. The highest BCUT2D eigenvalue weighted by molar-refractivity contribution is 6.35. The van der Waals surface area contributed by atoms with Crippen LogP contribution in [0.1, 0.15) is 25.3 Å². The fraction of sp³-hybridized carbons (Fsp3) is 0.385. The van der Waals surface area contributed by atoms with Gasteiger partial charge in [0.05, 0.1) is 6.04 Å². The molecule has 0 saturated carbocycles. The second kappa shape index (κ2) is 6.81. The lowest BCUT2D eigenvalue weighted by atomic mass is 10.1. The first kappa shape index (κ1) is 13.4. The van der Waals surface area contributed by atoms with Crippen molar-refractivity contribution in [1.29, 1.82) is 0 Å². The van der Waals surface area contributed by atoms with Crippen LogP contribution in [0, 0.1) is 12.3 Å². The first-order valence-corrected chi connectivity index (χ1v) is 6.07. The van der Waals surface area contributed by atoms with Crippen LogP contribution in [0.2, 0.25) is 10.0 Å². The molecule has 0 saturated heterocycles. The summed E-state index contributed by atoms with van der Waals surface area (Å²) < 4.78 is 0. The van der Waals surface area contributed by atoms with Crippen LogP contribution in [-0.2, 0) is 6.54 Å². The van der Waals surface area contributed by atoms with Crippen LogP contribution in [-0.4, -0.2) is 6.04 Å². The molecule has 0 aliphatic heterocycles. The molecule has 0 radical (unpaired) electrons. The summed E-state index contributed by atoms with van der Waals surface area (Å²) in [6.45, 7) is 2.71. The van der Waals surface area contributed by atoms with Crippen LogP contribution in [0.15, 0.2) is 18.2 Å². The molecule has 0 spiro atoms. The van der Waals surface area contributed by atoms with Gasteiger partial charge in [0.2, 0.25) is 0 Å². The first-order valence-electron chi connectivity index (χ1n) is 5.31. The Bertz CT molecular complexity index is 362. The summed E-state index contributed by atoms with van der Waals surface area (Å²) in [6.07, 6.45) is 7.43. The SMILES string of the molecule is C#CC(CCC)NCc1c(Cl)cccc1Cl. The highest BCUT2D eigenvalue weighted by Gasteiger charge is 2.08. The summed E-state index contributed by atoms with van der Waals surface area (Å²) in [5, 5.41) is 4.61. The Balaban J connectivity index is 2.64. The quantitative estimate of drug-likeness (QED) is 0.788. The largest absolute Gasteiger partial charge is 0.299 e. The van der Waals surface area contributed by atoms with Crippen molar-refractivity contribution in [3.63, 3.8) is 0 Å². The van der Waals surface area contributed by atoms with Gasteiger partial charge in [0, 0.05) is 22.2 Å². The van der Waals surface area contributed by atoms with Gasteiger partial charge in [0.15, 0.2) is 0 Å². The molecular formula is C13H15Cl2N. The topological polar surface area (TPSA) is 12.0 Å². The summed E-state index contributed by atoms with van der Waals surface area (Å²) >= 11 is 12.1. The maximum atomic E-state index is 6.06. The van der Waals surface area contributed by atoms with E-state index < -0.39 is 0 Å². The van der Waals surface area contributed by atoms with Crippen LogP contribution in [0.3, 0.4) is 0 Å². The van der Waals surface area contributed by atoms with E-state index in [0.29, 0.717) is 16.6 Å². The van der Waals surface area contributed by atoms with E-state index >= 15 is 0 Å². The molecule has 0 fully saturated rings. The third kappa shape index (κ3) is 3.72.